The van der Waals surface area contributed by atoms with E-state index in [0.717, 1.165) is 12.0 Å². The average molecular weight is 300 g/mol. The van der Waals surface area contributed by atoms with Crippen LogP contribution < -0.4 is 5.32 Å². The first-order chi connectivity index (χ1) is 8.10. The Kier molecular flexibility index (Phi) is 3.63. The van der Waals surface area contributed by atoms with Gasteiger partial charge in [-0.15, -0.1) is 0 Å². The summed E-state index contributed by atoms with van der Waals surface area (Å²) in [5.74, 6) is 1.72. The van der Waals surface area contributed by atoms with Crippen molar-refractivity contribution in [3.05, 3.63) is 22.1 Å². The molecule has 0 saturated carbocycles. The molecule has 17 heavy (non-hydrogen) atoms. The third-order valence-corrected chi connectivity index (χ3v) is 2.92. The van der Waals surface area contributed by atoms with Gasteiger partial charge in [0.05, 0.1) is 0 Å². The molecule has 1 unspecified atom stereocenters. The summed E-state index contributed by atoms with van der Waals surface area (Å²) in [6.45, 7) is 3.99. The van der Waals surface area contributed by atoms with Crippen LogP contribution >= 0.6 is 15.9 Å². The fraction of sp³-hybridized carbons (Fsp3) is 0.455. The van der Waals surface area contributed by atoms with Crippen molar-refractivity contribution in [3.8, 4) is 11.7 Å². The van der Waals surface area contributed by atoms with E-state index in [1.54, 1.807) is 0 Å². The molecule has 0 radical (unpaired) electrons. The molecule has 0 aliphatic rings. The van der Waals surface area contributed by atoms with E-state index in [9.17, 15) is 0 Å². The summed E-state index contributed by atoms with van der Waals surface area (Å²) in [7, 11) is 1.90. The van der Waals surface area contributed by atoms with Crippen molar-refractivity contribution in [1.29, 1.82) is 0 Å². The van der Waals surface area contributed by atoms with Crippen LogP contribution in [0.5, 0.6) is 0 Å². The summed E-state index contributed by atoms with van der Waals surface area (Å²) in [4.78, 5) is 4.31. The lowest BCUT2D eigenvalue weighted by molar-refractivity contribution is 0.403. The highest BCUT2D eigenvalue weighted by Crippen LogP contribution is 2.28. The summed E-state index contributed by atoms with van der Waals surface area (Å²) in [6.07, 6.45) is 0.723. The van der Waals surface area contributed by atoms with E-state index in [1.807, 2.05) is 20.0 Å². The van der Waals surface area contributed by atoms with Crippen LogP contribution in [0.15, 0.2) is 19.7 Å². The van der Waals surface area contributed by atoms with E-state index in [0.29, 0.717) is 28.2 Å². The van der Waals surface area contributed by atoms with Crippen LogP contribution in [0.1, 0.15) is 18.3 Å². The Bertz CT molecular complexity index is 507. The molecule has 0 amide bonds. The van der Waals surface area contributed by atoms with Gasteiger partial charge in [-0.05, 0) is 42.9 Å². The molecule has 0 fully saturated rings. The number of nitrogens with one attached hydrogen (secondary N) is 1. The lowest BCUT2D eigenvalue weighted by atomic mass is 10.2. The quantitative estimate of drug-likeness (QED) is 0.940. The number of hydrogen-bond acceptors (Lipinski definition) is 5. The molecule has 0 saturated heterocycles. The van der Waals surface area contributed by atoms with Gasteiger partial charge < -0.3 is 14.3 Å². The minimum absolute atomic E-state index is 0.310. The van der Waals surface area contributed by atoms with Gasteiger partial charge in [-0.2, -0.15) is 4.98 Å². The summed E-state index contributed by atoms with van der Waals surface area (Å²) in [6, 6.07) is 2.18. The summed E-state index contributed by atoms with van der Waals surface area (Å²) in [5, 5.41) is 7.05. The lowest BCUT2D eigenvalue weighted by Gasteiger charge is -2.04. The number of nitrogens with zero attached hydrogens (tertiary/aromatic N) is 2. The monoisotopic (exact) mass is 299 g/mol. The van der Waals surface area contributed by atoms with Crippen molar-refractivity contribution in [2.24, 2.45) is 0 Å². The van der Waals surface area contributed by atoms with E-state index in [-0.39, 0.29) is 0 Å². The van der Waals surface area contributed by atoms with Crippen LogP contribution in [0.3, 0.4) is 0 Å². The first-order valence-corrected chi connectivity index (χ1v) is 6.15. The van der Waals surface area contributed by atoms with Crippen LogP contribution in [-0.2, 0) is 6.42 Å². The Balaban J connectivity index is 2.21. The van der Waals surface area contributed by atoms with E-state index >= 15 is 0 Å². The van der Waals surface area contributed by atoms with Gasteiger partial charge in [-0.3, -0.25) is 0 Å². The van der Waals surface area contributed by atoms with Crippen molar-refractivity contribution in [1.82, 2.24) is 15.5 Å². The predicted octanol–water partition coefficient (Wildman–Crippen LogP) is 2.55. The summed E-state index contributed by atoms with van der Waals surface area (Å²) >= 11 is 3.27. The SMILES string of the molecule is CNC(C)Cc1noc(-c2oc(Br)cc2C)n1. The minimum atomic E-state index is 0.310. The molecular formula is C11H14BrN3O2. The highest BCUT2D eigenvalue weighted by molar-refractivity contribution is 9.10. The summed E-state index contributed by atoms with van der Waals surface area (Å²) in [5.41, 5.74) is 0.966. The Morgan fingerprint density at radius 3 is 2.88 bits per heavy atom. The lowest BCUT2D eigenvalue weighted by Crippen LogP contribution is -2.24. The van der Waals surface area contributed by atoms with Gasteiger partial charge in [0.1, 0.15) is 0 Å². The van der Waals surface area contributed by atoms with Gasteiger partial charge in [0.15, 0.2) is 16.3 Å². The van der Waals surface area contributed by atoms with E-state index in [4.69, 9.17) is 8.94 Å². The molecule has 0 bridgehead atoms. The van der Waals surface area contributed by atoms with Gasteiger partial charge in [0, 0.05) is 18.0 Å². The molecule has 2 rings (SSSR count). The molecule has 2 aromatic heterocycles. The molecule has 5 nitrogen and oxygen atoms in total. The third-order valence-electron chi connectivity index (χ3n) is 2.53. The molecule has 0 aliphatic heterocycles. The Labute approximate surface area is 108 Å². The number of likely N-dealkylation sites (N-methyl/N-ethyl adjacent to an activating group) is 1. The van der Waals surface area contributed by atoms with Crippen LogP contribution in [0.4, 0.5) is 0 Å². The van der Waals surface area contributed by atoms with Crippen molar-refractivity contribution in [3.63, 3.8) is 0 Å². The van der Waals surface area contributed by atoms with Crippen molar-refractivity contribution >= 4 is 15.9 Å². The Hall–Kier alpha value is -1.14. The molecule has 2 aromatic rings. The van der Waals surface area contributed by atoms with E-state index < -0.39 is 0 Å². The number of aromatic nitrogens is 2. The normalized spacial score (nSPS) is 12.9. The number of aryl methyl sites for hydroxylation is 1. The molecule has 1 atom stereocenters. The van der Waals surface area contributed by atoms with Gasteiger partial charge >= 0.3 is 0 Å². The second-order valence-corrected chi connectivity index (χ2v) is 4.75. The van der Waals surface area contributed by atoms with Crippen molar-refractivity contribution in [2.45, 2.75) is 26.3 Å². The van der Waals surface area contributed by atoms with E-state index in [2.05, 4.69) is 38.3 Å². The minimum Gasteiger partial charge on any atom is -0.444 e. The van der Waals surface area contributed by atoms with Gasteiger partial charge in [0.25, 0.3) is 5.89 Å². The number of hydrogen-bond donors (Lipinski definition) is 1. The van der Waals surface area contributed by atoms with Gasteiger partial charge in [-0.1, -0.05) is 5.16 Å². The molecule has 0 spiro atoms. The maximum Gasteiger partial charge on any atom is 0.293 e. The van der Waals surface area contributed by atoms with Crippen LogP contribution in [0.25, 0.3) is 11.7 Å². The zero-order valence-electron chi connectivity index (χ0n) is 9.95. The van der Waals surface area contributed by atoms with Crippen molar-refractivity contribution < 1.29 is 8.94 Å². The van der Waals surface area contributed by atoms with Gasteiger partial charge in [0.2, 0.25) is 0 Å². The van der Waals surface area contributed by atoms with E-state index in [1.165, 1.54) is 0 Å². The Morgan fingerprint density at radius 2 is 2.29 bits per heavy atom. The molecule has 1 N–H and O–H groups in total. The molecule has 92 valence electrons. The van der Waals surface area contributed by atoms with Gasteiger partial charge in [-0.25, -0.2) is 0 Å². The zero-order chi connectivity index (χ0) is 12.4. The topological polar surface area (TPSA) is 64.1 Å². The number of halogens is 1. The highest BCUT2D eigenvalue weighted by Gasteiger charge is 2.16. The first kappa shape index (κ1) is 12.3. The second-order valence-electron chi connectivity index (χ2n) is 3.97. The van der Waals surface area contributed by atoms with Crippen molar-refractivity contribution in [2.75, 3.05) is 7.05 Å². The smallest absolute Gasteiger partial charge is 0.293 e. The average Bonchev–Trinajstić information content (AvgIpc) is 2.85. The molecule has 0 aromatic carbocycles. The Morgan fingerprint density at radius 1 is 1.53 bits per heavy atom. The highest BCUT2D eigenvalue weighted by atomic mass is 79.9. The third kappa shape index (κ3) is 2.76. The molecular weight excluding hydrogens is 286 g/mol. The number of furan rings is 1. The molecule has 6 heteroatoms. The standard InChI is InChI=1S/C11H14BrN3O2/c1-6-4-8(12)16-10(6)11-14-9(15-17-11)5-7(2)13-3/h4,7,13H,5H2,1-3H3. The largest absolute Gasteiger partial charge is 0.444 e. The maximum atomic E-state index is 5.45. The van der Waals surface area contributed by atoms with Crippen LogP contribution in [0.2, 0.25) is 0 Å². The molecule has 2 heterocycles. The predicted molar refractivity (Wildman–Crippen MR) is 66.7 cm³/mol. The fourth-order valence-electron chi connectivity index (χ4n) is 1.46. The van der Waals surface area contributed by atoms with Crippen LogP contribution in [-0.4, -0.2) is 23.2 Å². The second kappa shape index (κ2) is 5.01. The number of rotatable bonds is 4. The fourth-order valence-corrected chi connectivity index (χ4v) is 1.97. The first-order valence-electron chi connectivity index (χ1n) is 5.36. The summed E-state index contributed by atoms with van der Waals surface area (Å²) < 4.78 is 11.3. The molecule has 0 aliphatic carbocycles. The zero-order valence-corrected chi connectivity index (χ0v) is 11.5. The maximum absolute atomic E-state index is 5.45. The van der Waals surface area contributed by atoms with Crippen LogP contribution in [0, 0.1) is 6.92 Å².